The van der Waals surface area contributed by atoms with Gasteiger partial charge in [0.2, 0.25) is 10.0 Å². The van der Waals surface area contributed by atoms with Gasteiger partial charge in [0.05, 0.1) is 4.90 Å². The molecule has 2 aromatic carbocycles. The Morgan fingerprint density at radius 1 is 1.10 bits per heavy atom. The summed E-state index contributed by atoms with van der Waals surface area (Å²) in [7, 11) is -3.57. The van der Waals surface area contributed by atoms with Gasteiger partial charge < -0.3 is 0 Å². The van der Waals surface area contributed by atoms with Gasteiger partial charge in [0.25, 0.3) is 0 Å². The van der Waals surface area contributed by atoms with Gasteiger partial charge in [0.1, 0.15) is 0 Å². The number of rotatable bonds is 6. The van der Waals surface area contributed by atoms with E-state index in [9.17, 15) is 8.42 Å². The summed E-state index contributed by atoms with van der Waals surface area (Å²) in [6.45, 7) is 5.86. The van der Waals surface area contributed by atoms with E-state index in [4.69, 9.17) is 0 Å². The highest BCUT2D eigenvalue weighted by molar-refractivity contribution is 7.89. The van der Waals surface area contributed by atoms with E-state index in [-0.39, 0.29) is 6.04 Å². The Morgan fingerprint density at radius 2 is 1.90 bits per heavy atom. The van der Waals surface area contributed by atoms with Crippen molar-refractivity contribution in [3.63, 3.8) is 0 Å². The molecule has 0 bridgehead atoms. The van der Waals surface area contributed by atoms with Crippen LogP contribution in [0.5, 0.6) is 0 Å². The van der Waals surface area contributed by atoms with Crippen LogP contribution in [-0.2, 0) is 23.0 Å². The minimum atomic E-state index is -3.57. The lowest BCUT2D eigenvalue weighted by Crippen LogP contribution is -2.40. The van der Waals surface area contributed by atoms with Crippen LogP contribution in [0, 0.1) is 13.8 Å². The molecule has 0 saturated heterocycles. The molecule has 6 heteroatoms. The molecule has 152 valence electrons. The number of nitrogens with one attached hydrogen (secondary N) is 1. The monoisotopic (exact) mass is 426 g/mol. The van der Waals surface area contributed by atoms with Gasteiger partial charge in [-0.3, -0.25) is 4.90 Å². The van der Waals surface area contributed by atoms with E-state index >= 15 is 0 Å². The number of thiophene rings is 1. The van der Waals surface area contributed by atoms with Crippen molar-refractivity contribution >= 4 is 21.4 Å². The van der Waals surface area contributed by atoms with Gasteiger partial charge in [-0.25, -0.2) is 13.1 Å². The fourth-order valence-corrected chi connectivity index (χ4v) is 6.04. The van der Waals surface area contributed by atoms with Crippen molar-refractivity contribution in [2.45, 2.75) is 37.8 Å². The summed E-state index contributed by atoms with van der Waals surface area (Å²) in [5.74, 6) is 0. The molecule has 0 spiro atoms. The van der Waals surface area contributed by atoms with Gasteiger partial charge in [-0.1, -0.05) is 36.4 Å². The zero-order chi connectivity index (χ0) is 20.4. The van der Waals surface area contributed by atoms with Crippen LogP contribution in [0.25, 0.3) is 0 Å². The SMILES string of the molecule is Cc1ccc(C)c(S(=O)(=O)NCC(c2ccsc2)N2CCc3ccccc3C2)c1. The van der Waals surface area contributed by atoms with Gasteiger partial charge in [-0.2, -0.15) is 11.3 Å². The molecule has 1 unspecified atom stereocenters. The van der Waals surface area contributed by atoms with Crippen molar-refractivity contribution in [1.82, 2.24) is 9.62 Å². The summed E-state index contributed by atoms with van der Waals surface area (Å²) in [6.07, 6.45) is 0.987. The van der Waals surface area contributed by atoms with Crippen LogP contribution in [0.2, 0.25) is 0 Å². The molecule has 4 nitrogen and oxygen atoms in total. The highest BCUT2D eigenvalue weighted by Gasteiger charge is 2.27. The van der Waals surface area contributed by atoms with E-state index in [2.05, 4.69) is 50.7 Å². The summed E-state index contributed by atoms with van der Waals surface area (Å²) in [5.41, 5.74) is 5.60. The Bertz CT molecular complexity index is 1090. The van der Waals surface area contributed by atoms with Crippen LogP contribution >= 0.6 is 11.3 Å². The molecule has 0 saturated carbocycles. The lowest BCUT2D eigenvalue weighted by atomic mass is 9.97. The maximum atomic E-state index is 13.0. The van der Waals surface area contributed by atoms with Crippen LogP contribution < -0.4 is 4.72 Å². The van der Waals surface area contributed by atoms with E-state index < -0.39 is 10.0 Å². The summed E-state index contributed by atoms with van der Waals surface area (Å²) in [4.78, 5) is 2.75. The van der Waals surface area contributed by atoms with Gasteiger partial charge in [0, 0.05) is 25.7 Å². The predicted octanol–water partition coefficient (Wildman–Crippen LogP) is 4.44. The molecule has 1 N–H and O–H groups in total. The number of sulfonamides is 1. The number of hydrogen-bond acceptors (Lipinski definition) is 4. The number of aryl methyl sites for hydroxylation is 2. The van der Waals surface area contributed by atoms with Gasteiger partial charge in [-0.15, -0.1) is 0 Å². The third-order valence-electron chi connectivity index (χ3n) is 5.63. The Labute approximate surface area is 177 Å². The van der Waals surface area contributed by atoms with Gasteiger partial charge >= 0.3 is 0 Å². The molecule has 0 fully saturated rings. The minimum Gasteiger partial charge on any atom is -0.290 e. The standard InChI is InChI=1S/C23H26N2O2S2/c1-17-7-8-18(2)23(13-17)29(26,27)24-14-22(21-10-12-28-16-21)25-11-9-19-5-3-4-6-20(19)15-25/h3-8,10,12-13,16,22,24H,9,11,14-15H2,1-2H3. The topological polar surface area (TPSA) is 49.4 Å². The first-order valence-electron chi connectivity index (χ1n) is 9.84. The summed E-state index contributed by atoms with van der Waals surface area (Å²) in [6, 6.07) is 16.2. The summed E-state index contributed by atoms with van der Waals surface area (Å²) in [5, 5.41) is 4.18. The highest BCUT2D eigenvalue weighted by atomic mass is 32.2. The summed E-state index contributed by atoms with van der Waals surface area (Å²) < 4.78 is 29.0. The molecule has 3 aromatic rings. The fraction of sp³-hybridized carbons (Fsp3) is 0.304. The quantitative estimate of drug-likeness (QED) is 0.634. The van der Waals surface area contributed by atoms with Crippen LogP contribution in [0.1, 0.15) is 33.9 Å². The van der Waals surface area contributed by atoms with Crippen LogP contribution in [0.3, 0.4) is 0 Å². The third-order valence-corrected chi connectivity index (χ3v) is 7.90. The van der Waals surface area contributed by atoms with Crippen molar-refractivity contribution in [1.29, 1.82) is 0 Å². The van der Waals surface area contributed by atoms with Crippen molar-refractivity contribution in [3.05, 3.63) is 87.1 Å². The van der Waals surface area contributed by atoms with E-state index in [1.807, 2.05) is 26.0 Å². The maximum absolute atomic E-state index is 13.0. The van der Waals surface area contributed by atoms with E-state index in [1.165, 1.54) is 11.1 Å². The molecule has 0 radical (unpaired) electrons. The maximum Gasteiger partial charge on any atom is 0.240 e. The fourth-order valence-electron chi connectivity index (χ4n) is 3.97. The molecule has 1 aliphatic heterocycles. The van der Waals surface area contributed by atoms with Crippen molar-refractivity contribution in [2.24, 2.45) is 0 Å². The van der Waals surface area contributed by atoms with Crippen molar-refractivity contribution in [3.8, 4) is 0 Å². The normalized spacial score (nSPS) is 15.8. The molecule has 2 heterocycles. The zero-order valence-electron chi connectivity index (χ0n) is 16.8. The van der Waals surface area contributed by atoms with Crippen LogP contribution in [-0.4, -0.2) is 26.4 Å². The second-order valence-corrected chi connectivity index (χ2v) is 10.2. The van der Waals surface area contributed by atoms with Gasteiger partial charge in [-0.05, 0) is 71.0 Å². The first-order valence-corrected chi connectivity index (χ1v) is 12.3. The Kier molecular flexibility index (Phi) is 5.88. The molecule has 29 heavy (non-hydrogen) atoms. The lowest BCUT2D eigenvalue weighted by Gasteiger charge is -2.35. The van der Waals surface area contributed by atoms with Gasteiger partial charge in [0.15, 0.2) is 0 Å². The number of benzene rings is 2. The Morgan fingerprint density at radius 3 is 2.66 bits per heavy atom. The first-order chi connectivity index (χ1) is 13.9. The predicted molar refractivity (Wildman–Crippen MR) is 119 cm³/mol. The molecule has 0 aliphatic carbocycles. The molecule has 4 rings (SSSR count). The first kappa shape index (κ1) is 20.3. The van der Waals surface area contributed by atoms with Crippen molar-refractivity contribution < 1.29 is 8.42 Å². The summed E-state index contributed by atoms with van der Waals surface area (Å²) >= 11 is 1.65. The lowest BCUT2D eigenvalue weighted by molar-refractivity contribution is 0.181. The molecule has 1 aromatic heterocycles. The number of nitrogens with zero attached hydrogens (tertiary/aromatic N) is 1. The second-order valence-electron chi connectivity index (χ2n) is 7.68. The average Bonchev–Trinajstić information content (AvgIpc) is 3.24. The van der Waals surface area contributed by atoms with Crippen LogP contribution in [0.4, 0.5) is 0 Å². The average molecular weight is 427 g/mol. The van der Waals surface area contributed by atoms with E-state index in [0.717, 1.165) is 36.2 Å². The minimum absolute atomic E-state index is 0.00879. The smallest absolute Gasteiger partial charge is 0.240 e. The highest BCUT2D eigenvalue weighted by Crippen LogP contribution is 2.29. The number of fused-ring (bicyclic) bond motifs is 1. The van der Waals surface area contributed by atoms with E-state index in [1.54, 1.807) is 17.4 Å². The molecule has 1 aliphatic rings. The Balaban J connectivity index is 1.57. The molecular weight excluding hydrogens is 400 g/mol. The van der Waals surface area contributed by atoms with E-state index in [0.29, 0.717) is 11.4 Å². The zero-order valence-corrected chi connectivity index (χ0v) is 18.4. The molecular formula is C23H26N2O2S2. The third kappa shape index (κ3) is 4.46. The Hall–Kier alpha value is -1.99. The molecule has 0 amide bonds. The number of hydrogen-bond donors (Lipinski definition) is 1. The second kappa shape index (κ2) is 8.40. The van der Waals surface area contributed by atoms with Crippen LogP contribution in [0.15, 0.2) is 64.2 Å². The molecule has 1 atom stereocenters. The van der Waals surface area contributed by atoms with Crippen molar-refractivity contribution in [2.75, 3.05) is 13.1 Å². The largest absolute Gasteiger partial charge is 0.290 e.